The fraction of sp³-hybridized carbons (Fsp3) is 0.400. The second-order valence-corrected chi connectivity index (χ2v) is 6.36. The molecule has 2 aromatic carbocycles. The van der Waals surface area contributed by atoms with E-state index < -0.39 is 0 Å². The third-order valence-corrected chi connectivity index (χ3v) is 4.42. The van der Waals surface area contributed by atoms with Gasteiger partial charge in [0, 0.05) is 6.04 Å². The highest BCUT2D eigenvalue weighted by molar-refractivity contribution is 5.78. The van der Waals surface area contributed by atoms with Crippen LogP contribution in [0.4, 0.5) is 11.4 Å². The fourth-order valence-corrected chi connectivity index (χ4v) is 3.26. The van der Waals surface area contributed by atoms with Gasteiger partial charge in [-0.3, -0.25) is 0 Å². The zero-order chi connectivity index (χ0) is 15.5. The number of benzene rings is 2. The summed E-state index contributed by atoms with van der Waals surface area (Å²) in [5.74, 6) is 2.51. The standard InChI is InChI=1S/C20H25NO.H3N/c1-4-5-10-16(15(2)3)21-17-11-6-8-13-19(17)22-20-14-9-7-12-18(20)21;/h6-9,11-16H,4-5,10H2,1-3H3;1H3. The van der Waals surface area contributed by atoms with Gasteiger partial charge in [-0.25, -0.2) is 0 Å². The monoisotopic (exact) mass is 312 g/mol. The molecule has 1 atom stereocenters. The molecule has 1 aliphatic heterocycles. The van der Waals surface area contributed by atoms with Gasteiger partial charge in [0.05, 0.1) is 11.4 Å². The summed E-state index contributed by atoms with van der Waals surface area (Å²) in [4.78, 5) is 2.49. The third kappa shape index (κ3) is 3.35. The average Bonchev–Trinajstić information content (AvgIpc) is 2.54. The van der Waals surface area contributed by atoms with Gasteiger partial charge in [0.1, 0.15) is 0 Å². The van der Waals surface area contributed by atoms with Gasteiger partial charge in [0.25, 0.3) is 0 Å². The molecular weight excluding hydrogens is 284 g/mol. The molecule has 23 heavy (non-hydrogen) atoms. The van der Waals surface area contributed by atoms with E-state index >= 15 is 0 Å². The molecule has 3 N–H and O–H groups in total. The zero-order valence-corrected chi connectivity index (χ0v) is 14.5. The highest BCUT2D eigenvalue weighted by atomic mass is 16.5. The van der Waals surface area contributed by atoms with E-state index in [0.717, 1.165) is 11.5 Å². The first-order valence-corrected chi connectivity index (χ1v) is 8.37. The van der Waals surface area contributed by atoms with Crippen molar-refractivity contribution in [3.8, 4) is 11.5 Å². The van der Waals surface area contributed by atoms with E-state index in [1.165, 1.54) is 30.6 Å². The molecule has 0 saturated heterocycles. The van der Waals surface area contributed by atoms with Crippen molar-refractivity contribution in [2.75, 3.05) is 4.90 Å². The summed E-state index contributed by atoms with van der Waals surface area (Å²) in [6.45, 7) is 6.90. The van der Waals surface area contributed by atoms with Crippen molar-refractivity contribution in [2.45, 2.75) is 46.1 Å². The molecule has 0 fully saturated rings. The zero-order valence-electron chi connectivity index (χ0n) is 14.5. The van der Waals surface area contributed by atoms with E-state index in [9.17, 15) is 0 Å². The Kier molecular flexibility index (Phi) is 5.67. The van der Waals surface area contributed by atoms with E-state index in [2.05, 4.69) is 62.1 Å². The molecule has 3 rings (SSSR count). The van der Waals surface area contributed by atoms with Gasteiger partial charge in [0.2, 0.25) is 0 Å². The summed E-state index contributed by atoms with van der Waals surface area (Å²) >= 11 is 0. The number of unbranched alkanes of at least 4 members (excludes halogenated alkanes) is 1. The van der Waals surface area contributed by atoms with Gasteiger partial charge in [-0.15, -0.1) is 0 Å². The van der Waals surface area contributed by atoms with Gasteiger partial charge in [0.15, 0.2) is 11.5 Å². The minimum Gasteiger partial charge on any atom is -0.453 e. The molecule has 1 aliphatic rings. The van der Waals surface area contributed by atoms with Crippen LogP contribution in [0.15, 0.2) is 48.5 Å². The Morgan fingerprint density at radius 1 is 0.913 bits per heavy atom. The molecule has 0 spiro atoms. The van der Waals surface area contributed by atoms with Gasteiger partial charge >= 0.3 is 0 Å². The number of nitrogens with zero attached hydrogens (tertiary/aromatic N) is 1. The molecule has 0 aromatic heterocycles. The summed E-state index contributed by atoms with van der Waals surface area (Å²) < 4.78 is 6.10. The Hall–Kier alpha value is -2.00. The lowest BCUT2D eigenvalue weighted by Gasteiger charge is -2.40. The van der Waals surface area contributed by atoms with E-state index in [1.807, 2.05) is 12.1 Å². The largest absolute Gasteiger partial charge is 0.453 e. The average molecular weight is 312 g/mol. The predicted molar refractivity (Wildman–Crippen MR) is 98.3 cm³/mol. The summed E-state index contributed by atoms with van der Waals surface area (Å²) in [5.41, 5.74) is 2.38. The molecule has 0 radical (unpaired) electrons. The van der Waals surface area contributed by atoms with Gasteiger partial charge < -0.3 is 15.8 Å². The first-order valence-electron chi connectivity index (χ1n) is 8.37. The summed E-state index contributed by atoms with van der Waals surface area (Å²) in [6.07, 6.45) is 3.69. The van der Waals surface area contributed by atoms with E-state index in [-0.39, 0.29) is 6.15 Å². The van der Waals surface area contributed by atoms with Crippen LogP contribution in [0.3, 0.4) is 0 Å². The van der Waals surface area contributed by atoms with Crippen molar-refractivity contribution in [1.29, 1.82) is 0 Å². The molecule has 2 aromatic rings. The first-order chi connectivity index (χ1) is 10.7. The first kappa shape index (κ1) is 17.4. The van der Waals surface area contributed by atoms with Crippen molar-refractivity contribution in [3.63, 3.8) is 0 Å². The smallest absolute Gasteiger partial charge is 0.151 e. The van der Waals surface area contributed by atoms with E-state index in [1.54, 1.807) is 0 Å². The molecule has 1 heterocycles. The number of anilines is 2. The van der Waals surface area contributed by atoms with E-state index in [0.29, 0.717) is 12.0 Å². The lowest BCUT2D eigenvalue weighted by molar-refractivity contribution is 0.416. The third-order valence-electron chi connectivity index (χ3n) is 4.42. The summed E-state index contributed by atoms with van der Waals surface area (Å²) in [6, 6.07) is 17.2. The molecule has 3 nitrogen and oxygen atoms in total. The Balaban J connectivity index is 0.00000192. The Morgan fingerprint density at radius 3 is 1.91 bits per heavy atom. The minimum absolute atomic E-state index is 0. The number of ether oxygens (including phenoxy) is 1. The number of para-hydroxylation sites is 4. The lowest BCUT2D eigenvalue weighted by atomic mass is 9.94. The molecule has 0 bridgehead atoms. The van der Waals surface area contributed by atoms with Gasteiger partial charge in [-0.2, -0.15) is 0 Å². The summed E-state index contributed by atoms with van der Waals surface area (Å²) in [5, 5.41) is 0. The number of hydrogen-bond acceptors (Lipinski definition) is 3. The quantitative estimate of drug-likeness (QED) is 0.704. The molecule has 0 aliphatic carbocycles. The van der Waals surface area contributed by atoms with Gasteiger partial charge in [-0.05, 0) is 36.6 Å². The molecule has 1 unspecified atom stereocenters. The van der Waals surface area contributed by atoms with Crippen LogP contribution in [0.25, 0.3) is 0 Å². The normalized spacial score (nSPS) is 13.7. The lowest BCUT2D eigenvalue weighted by Crippen LogP contribution is -2.37. The van der Waals surface area contributed by atoms with Crippen LogP contribution in [0.2, 0.25) is 0 Å². The summed E-state index contributed by atoms with van der Waals surface area (Å²) in [7, 11) is 0. The highest BCUT2D eigenvalue weighted by Gasteiger charge is 2.30. The van der Waals surface area contributed by atoms with Crippen LogP contribution in [-0.2, 0) is 0 Å². The van der Waals surface area contributed by atoms with Crippen LogP contribution in [0.5, 0.6) is 11.5 Å². The maximum atomic E-state index is 6.10. The molecule has 124 valence electrons. The SMILES string of the molecule is CCCCC(C(C)C)N1c2ccccc2Oc2ccccc21.N. The van der Waals surface area contributed by atoms with Crippen LogP contribution in [-0.4, -0.2) is 6.04 Å². The number of hydrogen-bond donors (Lipinski definition) is 1. The van der Waals surface area contributed by atoms with Crippen LogP contribution < -0.4 is 15.8 Å². The molecular formula is C20H28N2O. The highest BCUT2D eigenvalue weighted by Crippen LogP contribution is 2.48. The fourth-order valence-electron chi connectivity index (χ4n) is 3.26. The van der Waals surface area contributed by atoms with Crippen molar-refractivity contribution >= 4 is 11.4 Å². The maximum absolute atomic E-state index is 6.10. The second kappa shape index (κ2) is 7.51. The van der Waals surface area contributed by atoms with E-state index in [4.69, 9.17) is 4.74 Å². The Bertz CT molecular complexity index is 594. The maximum Gasteiger partial charge on any atom is 0.151 e. The number of rotatable bonds is 5. The van der Waals surface area contributed by atoms with Crippen molar-refractivity contribution in [1.82, 2.24) is 6.15 Å². The molecule has 3 heteroatoms. The van der Waals surface area contributed by atoms with Crippen LogP contribution in [0, 0.1) is 5.92 Å². The molecule has 0 saturated carbocycles. The van der Waals surface area contributed by atoms with Crippen LogP contribution >= 0.6 is 0 Å². The van der Waals surface area contributed by atoms with Crippen molar-refractivity contribution in [3.05, 3.63) is 48.5 Å². The Labute approximate surface area is 139 Å². The number of fused-ring (bicyclic) bond motifs is 2. The van der Waals surface area contributed by atoms with Crippen molar-refractivity contribution < 1.29 is 4.74 Å². The molecule has 0 amide bonds. The predicted octanol–water partition coefficient (Wildman–Crippen LogP) is 6.31. The topological polar surface area (TPSA) is 47.5 Å². The second-order valence-electron chi connectivity index (χ2n) is 6.36. The van der Waals surface area contributed by atoms with Crippen molar-refractivity contribution in [2.24, 2.45) is 5.92 Å². The Morgan fingerprint density at radius 2 is 1.43 bits per heavy atom. The van der Waals surface area contributed by atoms with Gasteiger partial charge in [-0.1, -0.05) is 57.9 Å². The minimum atomic E-state index is 0. The van der Waals surface area contributed by atoms with Crippen LogP contribution in [0.1, 0.15) is 40.0 Å².